The summed E-state index contributed by atoms with van der Waals surface area (Å²) >= 11 is 0. The van der Waals surface area contributed by atoms with Gasteiger partial charge in [0.25, 0.3) is 0 Å². The lowest BCUT2D eigenvalue weighted by atomic mass is 10.0. The van der Waals surface area contributed by atoms with Gasteiger partial charge in [-0.15, -0.1) is 24.0 Å². The monoisotopic (exact) mass is 426 g/mol. The van der Waals surface area contributed by atoms with Crippen LogP contribution < -0.4 is 11.1 Å². The van der Waals surface area contributed by atoms with E-state index in [0.717, 1.165) is 39.4 Å². The van der Waals surface area contributed by atoms with Crippen LogP contribution >= 0.6 is 24.0 Å². The van der Waals surface area contributed by atoms with E-state index < -0.39 is 0 Å². The molecule has 5 nitrogen and oxygen atoms in total. The minimum atomic E-state index is 0. The Morgan fingerprint density at radius 2 is 1.91 bits per heavy atom. The molecule has 0 aliphatic carbocycles. The highest BCUT2D eigenvalue weighted by Crippen LogP contribution is 2.13. The predicted molar refractivity (Wildman–Crippen MR) is 105 cm³/mol. The van der Waals surface area contributed by atoms with Crippen molar-refractivity contribution in [3.05, 3.63) is 0 Å². The Bertz CT molecular complexity index is 294. The number of nitrogens with one attached hydrogen (secondary N) is 1. The zero-order valence-corrected chi connectivity index (χ0v) is 16.8. The first kappa shape index (κ1) is 21.9. The van der Waals surface area contributed by atoms with Gasteiger partial charge in [-0.2, -0.15) is 0 Å². The summed E-state index contributed by atoms with van der Waals surface area (Å²) < 4.78 is 5.43. The molecule has 0 spiro atoms. The Kier molecular flexibility index (Phi) is 13.3. The number of rotatable bonds is 9. The van der Waals surface area contributed by atoms with Gasteiger partial charge in [-0.3, -0.25) is 9.89 Å². The van der Waals surface area contributed by atoms with Crippen molar-refractivity contribution in [2.24, 2.45) is 16.6 Å². The van der Waals surface area contributed by atoms with Gasteiger partial charge >= 0.3 is 0 Å². The number of halogens is 1. The lowest BCUT2D eigenvalue weighted by molar-refractivity contribution is 0.00868. The SMILES string of the molecule is CCCCCCNC(N)=NCC(C(C)C)N1CCOCC1.I. The van der Waals surface area contributed by atoms with E-state index in [4.69, 9.17) is 10.5 Å². The molecule has 1 atom stereocenters. The van der Waals surface area contributed by atoms with Gasteiger partial charge in [-0.25, -0.2) is 0 Å². The van der Waals surface area contributed by atoms with Crippen LogP contribution in [0.5, 0.6) is 0 Å². The standard InChI is InChI=1S/C16H34N4O.HI/c1-4-5-6-7-8-18-16(17)19-13-15(14(2)3)20-9-11-21-12-10-20;/h14-15H,4-13H2,1-3H3,(H3,17,18,19);1H. The largest absolute Gasteiger partial charge is 0.379 e. The average Bonchev–Trinajstić information content (AvgIpc) is 2.48. The van der Waals surface area contributed by atoms with Gasteiger partial charge in [0.1, 0.15) is 0 Å². The van der Waals surface area contributed by atoms with Crippen LogP contribution in [0.15, 0.2) is 4.99 Å². The van der Waals surface area contributed by atoms with Gasteiger partial charge in [0.15, 0.2) is 5.96 Å². The molecule has 22 heavy (non-hydrogen) atoms. The van der Waals surface area contributed by atoms with Crippen LogP contribution in [-0.4, -0.2) is 56.3 Å². The van der Waals surface area contributed by atoms with Crippen molar-refractivity contribution in [1.29, 1.82) is 0 Å². The van der Waals surface area contributed by atoms with Gasteiger partial charge in [-0.05, 0) is 12.3 Å². The highest BCUT2D eigenvalue weighted by molar-refractivity contribution is 14.0. The molecule has 1 heterocycles. The molecular formula is C16H35IN4O. The lowest BCUT2D eigenvalue weighted by Crippen LogP contribution is -2.48. The second-order valence-electron chi connectivity index (χ2n) is 6.17. The van der Waals surface area contributed by atoms with E-state index in [1.807, 2.05) is 0 Å². The highest BCUT2D eigenvalue weighted by Gasteiger charge is 2.23. The van der Waals surface area contributed by atoms with Crippen LogP contribution in [0.1, 0.15) is 46.5 Å². The first-order valence-electron chi connectivity index (χ1n) is 8.50. The molecule has 1 fully saturated rings. The van der Waals surface area contributed by atoms with E-state index in [0.29, 0.717) is 17.9 Å². The third-order valence-electron chi connectivity index (χ3n) is 4.07. The fourth-order valence-electron chi connectivity index (χ4n) is 2.67. The Morgan fingerprint density at radius 1 is 1.23 bits per heavy atom. The summed E-state index contributed by atoms with van der Waals surface area (Å²) in [6, 6.07) is 0.453. The molecule has 0 amide bonds. The number of unbranched alkanes of at least 4 members (excludes halogenated alkanes) is 3. The number of nitrogens with two attached hydrogens (primary N) is 1. The Hall–Kier alpha value is -0.0800. The van der Waals surface area contributed by atoms with Crippen molar-refractivity contribution >= 4 is 29.9 Å². The van der Waals surface area contributed by atoms with Crippen LogP contribution in [0, 0.1) is 5.92 Å². The molecule has 1 rings (SSSR count). The maximum atomic E-state index is 5.96. The second kappa shape index (κ2) is 13.4. The average molecular weight is 426 g/mol. The topological polar surface area (TPSA) is 62.9 Å². The number of guanidine groups is 1. The molecule has 6 heteroatoms. The van der Waals surface area contributed by atoms with Crippen LogP contribution in [-0.2, 0) is 4.74 Å². The molecule has 0 radical (unpaired) electrons. The summed E-state index contributed by atoms with van der Waals surface area (Å²) in [7, 11) is 0. The minimum Gasteiger partial charge on any atom is -0.379 e. The number of morpholine rings is 1. The zero-order valence-electron chi connectivity index (χ0n) is 14.5. The van der Waals surface area contributed by atoms with Gasteiger partial charge in [-0.1, -0.05) is 40.0 Å². The Labute approximate surface area is 153 Å². The normalized spacial score (nSPS) is 18.1. The molecule has 1 unspecified atom stereocenters. The van der Waals surface area contributed by atoms with Crippen molar-refractivity contribution < 1.29 is 4.74 Å². The molecule has 0 aromatic heterocycles. The molecule has 1 saturated heterocycles. The fourth-order valence-corrected chi connectivity index (χ4v) is 2.67. The highest BCUT2D eigenvalue weighted by atomic mass is 127. The number of ether oxygens (including phenoxy) is 1. The molecule has 1 aliphatic heterocycles. The predicted octanol–water partition coefficient (Wildman–Crippen LogP) is 2.45. The second-order valence-corrected chi connectivity index (χ2v) is 6.17. The van der Waals surface area contributed by atoms with Crippen LogP contribution in [0.3, 0.4) is 0 Å². The molecule has 0 bridgehead atoms. The van der Waals surface area contributed by atoms with Gasteiger partial charge in [0.2, 0.25) is 0 Å². The zero-order chi connectivity index (χ0) is 15.5. The third-order valence-corrected chi connectivity index (χ3v) is 4.07. The number of nitrogens with zero attached hydrogens (tertiary/aromatic N) is 2. The number of aliphatic imine (C=N–C) groups is 1. The maximum Gasteiger partial charge on any atom is 0.188 e. The summed E-state index contributed by atoms with van der Waals surface area (Å²) in [4.78, 5) is 7.02. The van der Waals surface area contributed by atoms with E-state index >= 15 is 0 Å². The molecule has 132 valence electrons. The minimum absolute atomic E-state index is 0. The van der Waals surface area contributed by atoms with Crippen LogP contribution in [0.2, 0.25) is 0 Å². The van der Waals surface area contributed by atoms with Crippen molar-refractivity contribution in [1.82, 2.24) is 10.2 Å². The summed E-state index contributed by atoms with van der Waals surface area (Å²) in [5.41, 5.74) is 5.96. The fraction of sp³-hybridized carbons (Fsp3) is 0.938. The Morgan fingerprint density at radius 3 is 2.50 bits per heavy atom. The van der Waals surface area contributed by atoms with Gasteiger partial charge in [0, 0.05) is 25.7 Å². The van der Waals surface area contributed by atoms with Gasteiger partial charge in [0.05, 0.1) is 19.8 Å². The first-order chi connectivity index (χ1) is 10.1. The summed E-state index contributed by atoms with van der Waals surface area (Å²) in [5.74, 6) is 1.16. The number of hydrogen-bond acceptors (Lipinski definition) is 3. The van der Waals surface area contributed by atoms with E-state index in [1.54, 1.807) is 0 Å². The smallest absolute Gasteiger partial charge is 0.188 e. The summed E-state index contributed by atoms with van der Waals surface area (Å²) in [6.07, 6.45) is 4.99. The van der Waals surface area contributed by atoms with Crippen molar-refractivity contribution in [3.8, 4) is 0 Å². The number of hydrogen-bond donors (Lipinski definition) is 2. The maximum absolute atomic E-state index is 5.96. The summed E-state index contributed by atoms with van der Waals surface area (Å²) in [5, 5.41) is 3.22. The lowest BCUT2D eigenvalue weighted by Gasteiger charge is -2.36. The molecule has 1 aliphatic rings. The quantitative estimate of drug-likeness (QED) is 0.257. The summed E-state index contributed by atoms with van der Waals surface area (Å²) in [6.45, 7) is 12.1. The van der Waals surface area contributed by atoms with Crippen molar-refractivity contribution in [2.45, 2.75) is 52.5 Å². The third kappa shape index (κ3) is 9.15. The van der Waals surface area contributed by atoms with Crippen molar-refractivity contribution in [3.63, 3.8) is 0 Å². The Balaban J connectivity index is 0.00000441. The van der Waals surface area contributed by atoms with E-state index in [2.05, 4.69) is 36.0 Å². The van der Waals surface area contributed by atoms with E-state index in [1.165, 1.54) is 25.7 Å². The van der Waals surface area contributed by atoms with Crippen molar-refractivity contribution in [2.75, 3.05) is 39.4 Å². The molecule has 0 saturated carbocycles. The molecule has 0 aromatic rings. The van der Waals surface area contributed by atoms with E-state index in [9.17, 15) is 0 Å². The van der Waals surface area contributed by atoms with Crippen LogP contribution in [0.25, 0.3) is 0 Å². The van der Waals surface area contributed by atoms with E-state index in [-0.39, 0.29) is 24.0 Å². The molecule has 3 N–H and O–H groups in total. The molecular weight excluding hydrogens is 391 g/mol. The van der Waals surface area contributed by atoms with Gasteiger partial charge < -0.3 is 15.8 Å². The first-order valence-corrected chi connectivity index (χ1v) is 8.50. The van der Waals surface area contributed by atoms with Crippen LogP contribution in [0.4, 0.5) is 0 Å². The molecule has 0 aromatic carbocycles.